The zero-order chi connectivity index (χ0) is 23.5. The summed E-state index contributed by atoms with van der Waals surface area (Å²) in [7, 11) is 3.12. The molecular formula is C26H32O6. The van der Waals surface area contributed by atoms with Gasteiger partial charge in [-0.3, -0.25) is 9.59 Å². The van der Waals surface area contributed by atoms with Crippen LogP contribution in [0.1, 0.15) is 56.5 Å². The first-order valence-corrected chi connectivity index (χ1v) is 11.0. The van der Waals surface area contributed by atoms with Crippen LogP contribution in [0.2, 0.25) is 0 Å². The Hall–Kier alpha value is -3.02. The van der Waals surface area contributed by atoms with Crippen LogP contribution in [0.3, 0.4) is 0 Å². The van der Waals surface area contributed by atoms with Gasteiger partial charge in [0.05, 0.1) is 25.7 Å². The molecular weight excluding hydrogens is 408 g/mol. The topological polar surface area (TPSA) is 71.1 Å². The van der Waals surface area contributed by atoms with E-state index in [1.54, 1.807) is 28.1 Å². The van der Waals surface area contributed by atoms with Gasteiger partial charge in [0.15, 0.2) is 17.3 Å². The zero-order valence-electron chi connectivity index (χ0n) is 19.7. The highest BCUT2D eigenvalue weighted by Crippen LogP contribution is 2.45. The van der Waals surface area contributed by atoms with E-state index in [-0.39, 0.29) is 24.5 Å². The first kappa shape index (κ1) is 23.6. The number of methoxy groups -OCH3 is 2. The van der Waals surface area contributed by atoms with Gasteiger partial charge in [-0.1, -0.05) is 25.1 Å². The first-order valence-electron chi connectivity index (χ1n) is 11.0. The van der Waals surface area contributed by atoms with E-state index >= 15 is 0 Å². The Labute approximate surface area is 189 Å². The summed E-state index contributed by atoms with van der Waals surface area (Å²) in [5.74, 6) is 1.33. The second kappa shape index (κ2) is 9.63. The molecule has 6 nitrogen and oxygen atoms in total. The molecule has 0 spiro atoms. The number of ether oxygens (including phenoxy) is 4. The minimum atomic E-state index is -0.862. The number of esters is 1. The van der Waals surface area contributed by atoms with Crippen molar-refractivity contribution in [1.29, 1.82) is 0 Å². The summed E-state index contributed by atoms with van der Waals surface area (Å²) in [5, 5.41) is 0. The number of carbonyl (C=O) groups is 2. The Morgan fingerprint density at radius 2 is 1.75 bits per heavy atom. The summed E-state index contributed by atoms with van der Waals surface area (Å²) in [6.45, 7) is 7.54. The van der Waals surface area contributed by atoms with Crippen molar-refractivity contribution in [1.82, 2.24) is 0 Å². The van der Waals surface area contributed by atoms with Gasteiger partial charge in [0.25, 0.3) is 0 Å². The van der Waals surface area contributed by atoms with Crippen molar-refractivity contribution in [3.8, 4) is 28.4 Å². The lowest BCUT2D eigenvalue weighted by molar-refractivity contribution is -0.160. The quantitative estimate of drug-likeness (QED) is 0.496. The molecule has 3 rings (SSSR count). The normalized spacial score (nSPS) is 14.0. The third-order valence-electron chi connectivity index (χ3n) is 5.85. The molecule has 2 aromatic rings. The van der Waals surface area contributed by atoms with Gasteiger partial charge in [0.2, 0.25) is 5.75 Å². The second-order valence-electron chi connectivity index (χ2n) is 8.77. The van der Waals surface area contributed by atoms with E-state index in [2.05, 4.69) is 0 Å². The molecule has 6 heteroatoms. The molecule has 1 aliphatic carbocycles. The number of fused-ring (bicyclic) bond motifs is 1. The van der Waals surface area contributed by atoms with Gasteiger partial charge in [-0.15, -0.1) is 0 Å². The molecule has 1 atom stereocenters. The standard InChI is InChI=1S/C26H32O6/c1-7-16(2)32-25(28)26(3,4)15-31-23-20(11-13-22(29-5)24(23)30-6)18-8-10-19-17(14-18)9-12-21(19)27/h8,10-11,13-14,16H,7,9,12,15H2,1-6H3/t16-/m1/s1. The average Bonchev–Trinajstić information content (AvgIpc) is 3.16. The van der Waals surface area contributed by atoms with Gasteiger partial charge in [0, 0.05) is 17.5 Å². The Morgan fingerprint density at radius 1 is 1.03 bits per heavy atom. The number of benzene rings is 2. The maximum atomic E-state index is 12.7. The molecule has 0 radical (unpaired) electrons. The van der Waals surface area contributed by atoms with Crippen molar-refractivity contribution in [2.45, 2.75) is 53.1 Å². The zero-order valence-corrected chi connectivity index (χ0v) is 19.7. The van der Waals surface area contributed by atoms with Crippen molar-refractivity contribution in [2.75, 3.05) is 20.8 Å². The molecule has 0 saturated heterocycles. The van der Waals surface area contributed by atoms with Gasteiger partial charge in [-0.2, -0.15) is 0 Å². The van der Waals surface area contributed by atoms with E-state index in [0.29, 0.717) is 23.7 Å². The number of rotatable bonds is 9. The fraction of sp³-hybridized carbons (Fsp3) is 0.462. The number of ketones is 1. The molecule has 32 heavy (non-hydrogen) atoms. The van der Waals surface area contributed by atoms with Gasteiger partial charge in [0.1, 0.15) is 6.61 Å². The van der Waals surface area contributed by atoms with Crippen molar-refractivity contribution >= 4 is 11.8 Å². The predicted octanol–water partition coefficient (Wildman–Crippen LogP) is 5.25. The van der Waals surface area contributed by atoms with Crippen LogP contribution < -0.4 is 14.2 Å². The summed E-state index contributed by atoms with van der Waals surface area (Å²) in [6, 6.07) is 9.53. The largest absolute Gasteiger partial charge is 0.493 e. The van der Waals surface area contributed by atoms with Crippen LogP contribution in [0.4, 0.5) is 0 Å². The van der Waals surface area contributed by atoms with Gasteiger partial charge >= 0.3 is 5.97 Å². The summed E-state index contributed by atoms with van der Waals surface area (Å²) < 4.78 is 22.8. The maximum Gasteiger partial charge on any atom is 0.315 e. The van der Waals surface area contributed by atoms with Crippen LogP contribution in [-0.4, -0.2) is 38.7 Å². The minimum Gasteiger partial charge on any atom is -0.493 e. The molecule has 0 aromatic heterocycles. The van der Waals surface area contributed by atoms with Crippen LogP contribution in [0.5, 0.6) is 17.2 Å². The van der Waals surface area contributed by atoms with Crippen LogP contribution >= 0.6 is 0 Å². The number of aryl methyl sites for hydroxylation is 1. The van der Waals surface area contributed by atoms with Crippen LogP contribution in [-0.2, 0) is 16.0 Å². The van der Waals surface area contributed by atoms with Gasteiger partial charge < -0.3 is 18.9 Å². The molecule has 0 N–H and O–H groups in total. The summed E-state index contributed by atoms with van der Waals surface area (Å²) in [6.07, 6.45) is 1.87. The van der Waals surface area contributed by atoms with Crippen LogP contribution in [0.15, 0.2) is 30.3 Å². The first-order chi connectivity index (χ1) is 15.2. The lowest BCUT2D eigenvalue weighted by Gasteiger charge is -2.26. The summed E-state index contributed by atoms with van der Waals surface area (Å²) >= 11 is 0. The fourth-order valence-corrected chi connectivity index (χ4v) is 3.63. The monoisotopic (exact) mass is 440 g/mol. The van der Waals surface area contributed by atoms with Gasteiger partial charge in [-0.05, 0) is 56.9 Å². The molecule has 0 saturated carbocycles. The molecule has 2 aromatic carbocycles. The predicted molar refractivity (Wildman–Crippen MR) is 123 cm³/mol. The van der Waals surface area contributed by atoms with Crippen LogP contribution in [0, 0.1) is 5.41 Å². The Kier molecular flexibility index (Phi) is 7.12. The number of hydrogen-bond acceptors (Lipinski definition) is 6. The van der Waals surface area contributed by atoms with E-state index < -0.39 is 5.41 Å². The summed E-state index contributed by atoms with van der Waals surface area (Å²) in [4.78, 5) is 24.7. The average molecular weight is 441 g/mol. The SMILES string of the molecule is CC[C@@H](C)OC(=O)C(C)(C)COc1c(-c2ccc3c(c2)CCC3=O)ccc(OC)c1OC. The van der Waals surface area contributed by atoms with E-state index in [9.17, 15) is 9.59 Å². The number of hydrogen-bond donors (Lipinski definition) is 0. The molecule has 172 valence electrons. The Bertz CT molecular complexity index is 1010. The summed E-state index contributed by atoms with van der Waals surface area (Å²) in [5.41, 5.74) is 2.67. The third kappa shape index (κ3) is 4.74. The lowest BCUT2D eigenvalue weighted by Crippen LogP contribution is -2.34. The smallest absolute Gasteiger partial charge is 0.315 e. The van der Waals surface area contributed by atoms with E-state index in [1.165, 1.54) is 0 Å². The highest BCUT2D eigenvalue weighted by Gasteiger charge is 2.33. The van der Waals surface area contributed by atoms with Crippen LogP contribution in [0.25, 0.3) is 11.1 Å². The Morgan fingerprint density at radius 3 is 2.41 bits per heavy atom. The molecule has 0 heterocycles. The molecule has 0 unspecified atom stereocenters. The highest BCUT2D eigenvalue weighted by atomic mass is 16.6. The number of carbonyl (C=O) groups excluding carboxylic acids is 2. The highest BCUT2D eigenvalue weighted by molar-refractivity contribution is 6.01. The molecule has 1 aliphatic rings. The third-order valence-corrected chi connectivity index (χ3v) is 5.85. The minimum absolute atomic E-state index is 0.0994. The maximum absolute atomic E-state index is 12.7. The molecule has 0 fully saturated rings. The second-order valence-corrected chi connectivity index (χ2v) is 8.77. The van der Waals surface area contributed by atoms with Crippen molar-refractivity contribution in [3.63, 3.8) is 0 Å². The number of Topliss-reactive ketones (excluding diaryl/α,β-unsaturated/α-hetero) is 1. The van der Waals surface area contributed by atoms with E-state index in [1.807, 2.05) is 44.2 Å². The van der Waals surface area contributed by atoms with Crippen molar-refractivity contribution in [3.05, 3.63) is 41.5 Å². The van der Waals surface area contributed by atoms with Gasteiger partial charge in [-0.25, -0.2) is 0 Å². The lowest BCUT2D eigenvalue weighted by atomic mass is 9.94. The molecule has 0 amide bonds. The molecule has 0 aliphatic heterocycles. The van der Waals surface area contributed by atoms with E-state index in [0.717, 1.165) is 35.1 Å². The van der Waals surface area contributed by atoms with Crippen molar-refractivity contribution in [2.24, 2.45) is 5.41 Å². The fourth-order valence-electron chi connectivity index (χ4n) is 3.63. The van der Waals surface area contributed by atoms with Crippen molar-refractivity contribution < 1.29 is 28.5 Å². The molecule has 0 bridgehead atoms. The Balaban J connectivity index is 1.97. The van der Waals surface area contributed by atoms with E-state index in [4.69, 9.17) is 18.9 Å².